The quantitative estimate of drug-likeness (QED) is 0.386. The van der Waals surface area contributed by atoms with E-state index in [4.69, 9.17) is 16.6 Å². The second-order valence-electron chi connectivity index (χ2n) is 4.64. The summed E-state index contributed by atoms with van der Waals surface area (Å²) in [4.78, 5) is 10.7. The average Bonchev–Trinajstić information content (AvgIpc) is 2.52. The highest BCUT2D eigenvalue weighted by Crippen LogP contribution is 2.20. The molecule has 0 saturated carbocycles. The summed E-state index contributed by atoms with van der Waals surface area (Å²) in [6.45, 7) is 0. The van der Waals surface area contributed by atoms with E-state index in [0.29, 0.717) is 22.3 Å². The summed E-state index contributed by atoms with van der Waals surface area (Å²) in [5.74, 6) is -0.207. The first kappa shape index (κ1) is 15.2. The van der Waals surface area contributed by atoms with Gasteiger partial charge >= 0.3 is 0 Å². The Kier molecular flexibility index (Phi) is 4.48. The number of amidine groups is 1. The fourth-order valence-electron chi connectivity index (χ4n) is 1.98. The number of carbonyl (C=O) groups excluding carboxylic acids is 1. The number of hydrogen-bond acceptors (Lipinski definition) is 4. The first-order valence-corrected chi connectivity index (χ1v) is 6.51. The highest BCUT2D eigenvalue weighted by Gasteiger charge is 2.10. The van der Waals surface area contributed by atoms with Crippen LogP contribution in [-0.4, -0.2) is 22.9 Å². The first-order valence-electron chi connectivity index (χ1n) is 6.51. The number of hydrogen-bond donors (Lipinski definition) is 4. The largest absolute Gasteiger partial charge is 0.507 e. The molecule has 5 heteroatoms. The second-order valence-corrected chi connectivity index (χ2v) is 4.64. The van der Waals surface area contributed by atoms with E-state index in [1.807, 2.05) is 0 Å². The van der Waals surface area contributed by atoms with Gasteiger partial charge in [0.1, 0.15) is 17.9 Å². The van der Waals surface area contributed by atoms with E-state index in [1.165, 1.54) is 12.1 Å². The lowest BCUT2D eigenvalue weighted by Gasteiger charge is -2.08. The number of phenolic OH excluding ortho intramolecular Hbond substituents is 1. The van der Waals surface area contributed by atoms with Crippen molar-refractivity contribution in [3.8, 4) is 5.75 Å². The molecule has 110 valence electrons. The number of allylic oxidation sites excluding steroid dienone is 1. The van der Waals surface area contributed by atoms with Gasteiger partial charge in [-0.25, -0.2) is 0 Å². The van der Waals surface area contributed by atoms with Gasteiger partial charge in [-0.2, -0.15) is 0 Å². The predicted molar refractivity (Wildman–Crippen MR) is 86.7 cm³/mol. The van der Waals surface area contributed by atoms with Gasteiger partial charge in [-0.3, -0.25) is 10.2 Å². The van der Waals surface area contributed by atoms with Gasteiger partial charge in [0.05, 0.1) is 5.71 Å². The van der Waals surface area contributed by atoms with Crippen LogP contribution in [0.3, 0.4) is 0 Å². The maximum atomic E-state index is 10.7. The van der Waals surface area contributed by atoms with Crippen molar-refractivity contribution in [1.29, 1.82) is 10.8 Å². The molecular weight excluding hydrogens is 278 g/mol. The normalized spacial score (nSPS) is 11.0. The van der Waals surface area contributed by atoms with E-state index in [0.717, 1.165) is 6.29 Å². The van der Waals surface area contributed by atoms with Crippen LogP contribution >= 0.6 is 0 Å². The maximum absolute atomic E-state index is 10.7. The number of aldehydes is 1. The van der Waals surface area contributed by atoms with Crippen molar-refractivity contribution in [2.24, 2.45) is 5.73 Å². The Morgan fingerprint density at radius 2 is 1.68 bits per heavy atom. The molecule has 0 radical (unpaired) electrons. The summed E-state index contributed by atoms with van der Waals surface area (Å²) in [7, 11) is 0. The van der Waals surface area contributed by atoms with Crippen LogP contribution in [0.1, 0.15) is 21.5 Å². The molecule has 0 aromatic heterocycles. The van der Waals surface area contributed by atoms with E-state index in [9.17, 15) is 9.90 Å². The molecule has 2 rings (SSSR count). The van der Waals surface area contributed by atoms with Crippen LogP contribution in [0.4, 0.5) is 0 Å². The Morgan fingerprint density at radius 1 is 1.05 bits per heavy atom. The Bertz CT molecular complexity index is 762. The fraction of sp³-hybridized carbons (Fsp3) is 0. The molecule has 0 aliphatic heterocycles. The standard InChI is InChI=1S/C17H15N3O2/c18-15(13-3-1-2-4-16(13)22)9-14(17(19)20)12-7-5-11(10-21)6-8-12/h1-10,18,22H,(H3,19,20)/b14-9-,18-15?. The zero-order valence-corrected chi connectivity index (χ0v) is 11.7. The van der Waals surface area contributed by atoms with Gasteiger partial charge < -0.3 is 16.2 Å². The van der Waals surface area contributed by atoms with Crippen molar-refractivity contribution in [3.63, 3.8) is 0 Å². The Hall–Kier alpha value is -3.21. The fourth-order valence-corrected chi connectivity index (χ4v) is 1.98. The van der Waals surface area contributed by atoms with Crippen LogP contribution in [-0.2, 0) is 0 Å². The first-order chi connectivity index (χ1) is 10.5. The minimum absolute atomic E-state index is 0.0112. The van der Waals surface area contributed by atoms with Gasteiger partial charge in [-0.15, -0.1) is 0 Å². The molecule has 0 amide bonds. The lowest BCUT2D eigenvalue weighted by molar-refractivity contribution is 0.112. The molecule has 0 saturated heterocycles. The number of aromatic hydroxyl groups is 1. The van der Waals surface area contributed by atoms with Gasteiger partial charge in [0.25, 0.3) is 0 Å². The van der Waals surface area contributed by atoms with Gasteiger partial charge in [0.2, 0.25) is 0 Å². The molecule has 5 N–H and O–H groups in total. The number of para-hydroxylation sites is 1. The molecule has 0 fully saturated rings. The number of rotatable bonds is 5. The van der Waals surface area contributed by atoms with E-state index in [1.54, 1.807) is 42.5 Å². The van der Waals surface area contributed by atoms with Crippen LogP contribution in [0.15, 0.2) is 54.6 Å². The smallest absolute Gasteiger partial charge is 0.150 e. The number of phenols is 1. The third-order valence-corrected chi connectivity index (χ3v) is 3.13. The Labute approximate surface area is 127 Å². The summed E-state index contributed by atoms with van der Waals surface area (Å²) in [6.07, 6.45) is 2.15. The molecule has 0 aliphatic rings. The average molecular weight is 293 g/mol. The van der Waals surface area contributed by atoms with Crippen LogP contribution in [0.25, 0.3) is 5.57 Å². The summed E-state index contributed by atoms with van der Waals surface area (Å²) in [5.41, 5.74) is 7.48. The highest BCUT2D eigenvalue weighted by atomic mass is 16.3. The molecule has 2 aromatic carbocycles. The molecule has 0 atom stereocenters. The summed E-state index contributed by atoms with van der Waals surface area (Å²) >= 11 is 0. The van der Waals surface area contributed by atoms with E-state index in [-0.39, 0.29) is 17.3 Å². The molecule has 0 aliphatic carbocycles. The predicted octanol–water partition coefficient (Wildman–Crippen LogP) is 2.59. The summed E-state index contributed by atoms with van der Waals surface area (Å²) in [5, 5.41) is 25.5. The minimum atomic E-state index is -0.195. The van der Waals surface area contributed by atoms with Crippen LogP contribution in [0.2, 0.25) is 0 Å². The molecule has 0 unspecified atom stereocenters. The zero-order chi connectivity index (χ0) is 16.1. The lowest BCUT2D eigenvalue weighted by Crippen LogP contribution is -2.13. The number of nitrogens with one attached hydrogen (secondary N) is 2. The van der Waals surface area contributed by atoms with Crippen molar-refractivity contribution < 1.29 is 9.90 Å². The van der Waals surface area contributed by atoms with Crippen molar-refractivity contribution in [3.05, 3.63) is 71.3 Å². The van der Waals surface area contributed by atoms with Gasteiger partial charge in [0.15, 0.2) is 0 Å². The summed E-state index contributed by atoms with van der Waals surface area (Å²) in [6, 6.07) is 13.0. The number of carbonyl (C=O) groups is 1. The minimum Gasteiger partial charge on any atom is -0.507 e. The van der Waals surface area contributed by atoms with Crippen molar-refractivity contribution >= 4 is 23.4 Å². The van der Waals surface area contributed by atoms with Crippen LogP contribution < -0.4 is 5.73 Å². The third kappa shape index (κ3) is 3.27. The molecule has 5 nitrogen and oxygen atoms in total. The third-order valence-electron chi connectivity index (χ3n) is 3.13. The monoisotopic (exact) mass is 293 g/mol. The van der Waals surface area contributed by atoms with Crippen LogP contribution in [0, 0.1) is 10.8 Å². The Morgan fingerprint density at radius 3 is 2.23 bits per heavy atom. The topological polar surface area (TPSA) is 111 Å². The van der Waals surface area contributed by atoms with Crippen molar-refractivity contribution in [2.75, 3.05) is 0 Å². The lowest BCUT2D eigenvalue weighted by atomic mass is 9.99. The SMILES string of the molecule is N=C(N)/C(=C\C(=N)c1ccccc1O)c1ccc(C=O)cc1. The van der Waals surface area contributed by atoms with Gasteiger partial charge in [-0.05, 0) is 23.8 Å². The van der Waals surface area contributed by atoms with E-state index < -0.39 is 0 Å². The second kappa shape index (κ2) is 6.49. The van der Waals surface area contributed by atoms with E-state index in [2.05, 4.69) is 0 Å². The van der Waals surface area contributed by atoms with Crippen molar-refractivity contribution in [1.82, 2.24) is 0 Å². The molecule has 0 spiro atoms. The van der Waals surface area contributed by atoms with E-state index >= 15 is 0 Å². The molecule has 22 heavy (non-hydrogen) atoms. The van der Waals surface area contributed by atoms with Crippen molar-refractivity contribution in [2.45, 2.75) is 0 Å². The molecule has 0 bridgehead atoms. The number of benzene rings is 2. The molecule has 0 heterocycles. The Balaban J connectivity index is 2.43. The maximum Gasteiger partial charge on any atom is 0.150 e. The molecule has 2 aromatic rings. The number of nitrogens with two attached hydrogens (primary N) is 1. The van der Waals surface area contributed by atoms with Gasteiger partial charge in [-0.1, -0.05) is 36.4 Å². The zero-order valence-electron chi connectivity index (χ0n) is 11.7. The summed E-state index contributed by atoms with van der Waals surface area (Å²) < 4.78 is 0. The van der Waals surface area contributed by atoms with Crippen LogP contribution in [0.5, 0.6) is 5.75 Å². The van der Waals surface area contributed by atoms with Gasteiger partial charge in [0, 0.05) is 16.7 Å². The highest BCUT2D eigenvalue weighted by molar-refractivity contribution is 6.27. The molecular formula is C17H15N3O2.